The zero-order valence-corrected chi connectivity index (χ0v) is 12.9. The topological polar surface area (TPSA) is 106 Å². The zero-order chi connectivity index (χ0) is 16.5. The number of carbonyl (C=O) groups is 1. The molecule has 0 saturated heterocycles. The quantitative estimate of drug-likeness (QED) is 0.656. The van der Waals surface area contributed by atoms with Crippen molar-refractivity contribution in [3.05, 3.63) is 39.9 Å². The number of nitrogens with two attached hydrogens (primary N) is 1. The van der Waals surface area contributed by atoms with E-state index in [4.69, 9.17) is 10.8 Å². The molecule has 0 heterocycles. The SMILES string of the molecule is CC(Cc1ccc([N+](=O)[O-])cc1)C(=O)O.NC1CCCCC1. The number of non-ortho nitro benzene ring substituents is 1. The maximum atomic E-state index is 10.6. The normalized spacial score (nSPS) is 16.3. The van der Waals surface area contributed by atoms with Crippen molar-refractivity contribution in [2.24, 2.45) is 11.7 Å². The van der Waals surface area contributed by atoms with E-state index < -0.39 is 16.8 Å². The summed E-state index contributed by atoms with van der Waals surface area (Å²) in [7, 11) is 0. The van der Waals surface area contributed by atoms with Gasteiger partial charge in [-0.1, -0.05) is 38.3 Å². The minimum atomic E-state index is -0.867. The number of aliphatic carboxylic acids is 1. The molecule has 0 amide bonds. The number of carboxylic acid groups (broad SMARTS) is 1. The number of carboxylic acids is 1. The molecule has 22 heavy (non-hydrogen) atoms. The maximum Gasteiger partial charge on any atom is 0.306 e. The van der Waals surface area contributed by atoms with Crippen LogP contribution >= 0.6 is 0 Å². The predicted molar refractivity (Wildman–Crippen MR) is 84.7 cm³/mol. The first-order chi connectivity index (χ1) is 10.4. The maximum absolute atomic E-state index is 10.6. The summed E-state index contributed by atoms with van der Waals surface area (Å²) in [4.78, 5) is 20.4. The highest BCUT2D eigenvalue weighted by Gasteiger charge is 2.12. The molecule has 1 saturated carbocycles. The number of nitro benzene ring substituents is 1. The lowest BCUT2D eigenvalue weighted by Gasteiger charge is -2.15. The van der Waals surface area contributed by atoms with Crippen molar-refractivity contribution in [2.45, 2.75) is 51.5 Å². The van der Waals surface area contributed by atoms with Gasteiger partial charge >= 0.3 is 5.97 Å². The molecular formula is C16H24N2O4. The van der Waals surface area contributed by atoms with Gasteiger partial charge in [-0.15, -0.1) is 0 Å². The Hall–Kier alpha value is -1.95. The molecule has 1 unspecified atom stereocenters. The molecule has 0 spiro atoms. The van der Waals surface area contributed by atoms with Crippen LogP contribution in [0, 0.1) is 16.0 Å². The molecule has 2 rings (SSSR count). The summed E-state index contributed by atoms with van der Waals surface area (Å²) in [6, 6.07) is 6.46. The van der Waals surface area contributed by atoms with Crippen molar-refractivity contribution >= 4 is 11.7 Å². The smallest absolute Gasteiger partial charge is 0.306 e. The summed E-state index contributed by atoms with van der Waals surface area (Å²) in [5.41, 5.74) is 6.44. The summed E-state index contributed by atoms with van der Waals surface area (Å²) < 4.78 is 0. The van der Waals surface area contributed by atoms with E-state index in [1.165, 1.54) is 44.2 Å². The molecular weight excluding hydrogens is 284 g/mol. The molecule has 0 bridgehead atoms. The standard InChI is InChI=1S/C10H11NO4.C6H13N/c1-7(10(12)13)6-8-2-4-9(5-3-8)11(14)15;7-6-4-2-1-3-5-6/h2-5,7H,6H2,1H3,(H,12,13);6H,1-5,7H2. The summed E-state index contributed by atoms with van der Waals surface area (Å²) >= 11 is 0. The van der Waals surface area contributed by atoms with Gasteiger partial charge in [0.2, 0.25) is 0 Å². The number of rotatable bonds is 4. The number of benzene rings is 1. The summed E-state index contributed by atoms with van der Waals surface area (Å²) in [5, 5.41) is 19.0. The third kappa shape index (κ3) is 6.67. The summed E-state index contributed by atoms with van der Waals surface area (Å²) in [5.74, 6) is -1.35. The highest BCUT2D eigenvalue weighted by molar-refractivity contribution is 5.69. The van der Waals surface area contributed by atoms with E-state index in [1.54, 1.807) is 19.1 Å². The lowest BCUT2D eigenvalue weighted by Crippen LogP contribution is -2.22. The minimum Gasteiger partial charge on any atom is -0.481 e. The summed E-state index contributed by atoms with van der Waals surface area (Å²) in [6.45, 7) is 1.60. The molecule has 3 N–H and O–H groups in total. The van der Waals surface area contributed by atoms with Crippen molar-refractivity contribution in [3.63, 3.8) is 0 Å². The van der Waals surface area contributed by atoms with Crippen LogP contribution < -0.4 is 5.73 Å². The highest BCUT2D eigenvalue weighted by atomic mass is 16.6. The Balaban J connectivity index is 0.000000287. The second kappa shape index (κ2) is 9.15. The van der Waals surface area contributed by atoms with E-state index >= 15 is 0 Å². The van der Waals surface area contributed by atoms with Gasteiger partial charge in [0.1, 0.15) is 0 Å². The van der Waals surface area contributed by atoms with Crippen LogP contribution in [0.15, 0.2) is 24.3 Å². The van der Waals surface area contributed by atoms with Crippen molar-refractivity contribution < 1.29 is 14.8 Å². The van der Waals surface area contributed by atoms with Gasteiger partial charge in [0, 0.05) is 18.2 Å². The Kier molecular flexibility index (Phi) is 7.52. The van der Waals surface area contributed by atoms with Crippen LogP contribution in [0.25, 0.3) is 0 Å². The number of hydrogen-bond donors (Lipinski definition) is 2. The van der Waals surface area contributed by atoms with Crippen LogP contribution in [-0.2, 0) is 11.2 Å². The highest BCUT2D eigenvalue weighted by Crippen LogP contribution is 2.15. The first kappa shape index (κ1) is 18.1. The fourth-order valence-corrected chi connectivity index (χ4v) is 2.33. The van der Waals surface area contributed by atoms with Gasteiger partial charge in [-0.25, -0.2) is 0 Å². The molecule has 0 aliphatic heterocycles. The first-order valence-corrected chi connectivity index (χ1v) is 7.62. The molecule has 1 fully saturated rings. The van der Waals surface area contributed by atoms with E-state index in [0.717, 1.165) is 5.56 Å². The van der Waals surface area contributed by atoms with E-state index in [2.05, 4.69) is 0 Å². The second-order valence-corrected chi connectivity index (χ2v) is 5.77. The van der Waals surface area contributed by atoms with E-state index in [0.29, 0.717) is 12.5 Å². The Labute approximate surface area is 130 Å². The van der Waals surface area contributed by atoms with Gasteiger partial charge in [-0.3, -0.25) is 14.9 Å². The third-order valence-electron chi connectivity index (χ3n) is 3.76. The fraction of sp³-hybridized carbons (Fsp3) is 0.562. The van der Waals surface area contributed by atoms with Crippen molar-refractivity contribution in [3.8, 4) is 0 Å². The van der Waals surface area contributed by atoms with Gasteiger partial charge < -0.3 is 10.8 Å². The van der Waals surface area contributed by atoms with E-state index in [1.807, 2.05) is 0 Å². The lowest BCUT2D eigenvalue weighted by atomic mass is 9.97. The number of nitrogens with zero attached hydrogens (tertiary/aromatic N) is 1. The molecule has 0 aromatic heterocycles. The third-order valence-corrected chi connectivity index (χ3v) is 3.76. The molecule has 1 aromatic carbocycles. The molecule has 1 aliphatic carbocycles. The molecule has 6 nitrogen and oxygen atoms in total. The fourth-order valence-electron chi connectivity index (χ4n) is 2.33. The Morgan fingerprint density at radius 3 is 2.23 bits per heavy atom. The Morgan fingerprint density at radius 2 is 1.86 bits per heavy atom. The monoisotopic (exact) mass is 308 g/mol. The van der Waals surface area contributed by atoms with Crippen molar-refractivity contribution in [1.29, 1.82) is 0 Å². The predicted octanol–water partition coefficient (Wildman–Crippen LogP) is 3.14. The van der Waals surface area contributed by atoms with Crippen LogP contribution in [0.5, 0.6) is 0 Å². The molecule has 1 aromatic rings. The van der Waals surface area contributed by atoms with Crippen LogP contribution in [-0.4, -0.2) is 22.0 Å². The van der Waals surface area contributed by atoms with Gasteiger partial charge in [-0.2, -0.15) is 0 Å². The largest absolute Gasteiger partial charge is 0.481 e. The van der Waals surface area contributed by atoms with E-state index in [9.17, 15) is 14.9 Å². The van der Waals surface area contributed by atoms with Crippen molar-refractivity contribution in [1.82, 2.24) is 0 Å². The van der Waals surface area contributed by atoms with Crippen LogP contribution in [0.3, 0.4) is 0 Å². The number of nitro groups is 1. The zero-order valence-electron chi connectivity index (χ0n) is 12.9. The molecule has 1 aliphatic rings. The van der Waals surface area contributed by atoms with Gasteiger partial charge in [0.05, 0.1) is 10.8 Å². The lowest BCUT2D eigenvalue weighted by molar-refractivity contribution is -0.384. The van der Waals surface area contributed by atoms with Gasteiger partial charge in [-0.05, 0) is 24.8 Å². The average Bonchev–Trinajstić information content (AvgIpc) is 2.49. The molecule has 1 atom stereocenters. The average molecular weight is 308 g/mol. The van der Waals surface area contributed by atoms with Gasteiger partial charge in [0.25, 0.3) is 5.69 Å². The Bertz CT molecular complexity index is 481. The minimum absolute atomic E-state index is 0.0155. The van der Waals surface area contributed by atoms with Crippen molar-refractivity contribution in [2.75, 3.05) is 0 Å². The first-order valence-electron chi connectivity index (χ1n) is 7.62. The van der Waals surface area contributed by atoms with Gasteiger partial charge in [0.15, 0.2) is 0 Å². The van der Waals surface area contributed by atoms with Crippen LogP contribution in [0.4, 0.5) is 5.69 Å². The molecule has 6 heteroatoms. The Morgan fingerprint density at radius 1 is 1.32 bits per heavy atom. The molecule has 122 valence electrons. The van der Waals surface area contributed by atoms with E-state index in [-0.39, 0.29) is 5.69 Å². The molecule has 0 radical (unpaired) electrons. The van der Waals surface area contributed by atoms with Crippen LogP contribution in [0.2, 0.25) is 0 Å². The van der Waals surface area contributed by atoms with Crippen LogP contribution in [0.1, 0.15) is 44.6 Å². The number of hydrogen-bond acceptors (Lipinski definition) is 4. The summed E-state index contributed by atoms with van der Waals surface area (Å²) in [6.07, 6.45) is 7.05. The second-order valence-electron chi connectivity index (χ2n) is 5.77.